The molecule has 0 bridgehead atoms. The third-order valence-electron chi connectivity index (χ3n) is 8.19. The molecule has 2 fully saturated rings. The lowest BCUT2D eigenvalue weighted by Crippen LogP contribution is -2.44. The van der Waals surface area contributed by atoms with Crippen LogP contribution in [0.4, 0.5) is 17.1 Å². The van der Waals surface area contributed by atoms with E-state index in [9.17, 15) is 14.7 Å². The van der Waals surface area contributed by atoms with Gasteiger partial charge in [-0.2, -0.15) is 0 Å². The van der Waals surface area contributed by atoms with E-state index in [1.54, 1.807) is 12.1 Å². The molecular weight excluding hydrogens is 572 g/mol. The molecule has 0 aromatic heterocycles. The van der Waals surface area contributed by atoms with Crippen LogP contribution in [-0.2, 0) is 30.4 Å². The van der Waals surface area contributed by atoms with E-state index in [0.29, 0.717) is 42.7 Å². The summed E-state index contributed by atoms with van der Waals surface area (Å²) in [6, 6.07) is 22.7. The number of nitrogens with two attached hydrogens (primary N) is 1. The highest BCUT2D eigenvalue weighted by atomic mass is 16.7. The van der Waals surface area contributed by atoms with E-state index in [1.807, 2.05) is 60.7 Å². The second-order valence-corrected chi connectivity index (χ2v) is 11.6. The molecule has 0 radical (unpaired) electrons. The van der Waals surface area contributed by atoms with Crippen molar-refractivity contribution in [1.82, 2.24) is 4.90 Å². The molecule has 2 heterocycles. The summed E-state index contributed by atoms with van der Waals surface area (Å²) >= 11 is 0. The molecule has 2 saturated heterocycles. The number of para-hydroxylation sites is 2. The summed E-state index contributed by atoms with van der Waals surface area (Å²) in [4.78, 5) is 27.1. The van der Waals surface area contributed by atoms with Crippen LogP contribution in [0.5, 0.6) is 0 Å². The molecule has 5 N–H and O–H groups in total. The van der Waals surface area contributed by atoms with Gasteiger partial charge in [-0.3, -0.25) is 14.5 Å². The number of anilines is 3. The average molecular weight is 617 g/mol. The Labute approximate surface area is 264 Å². The molecule has 0 aliphatic carbocycles. The molecule has 3 aromatic carbocycles. The fraction of sp³-hybridized carbons (Fsp3) is 0.429. The number of nitrogens with one attached hydrogen (secondary N) is 2. The summed E-state index contributed by atoms with van der Waals surface area (Å²) in [6.07, 6.45) is 2.93. The van der Waals surface area contributed by atoms with Crippen molar-refractivity contribution in [2.24, 2.45) is 0 Å². The van der Waals surface area contributed by atoms with Crippen LogP contribution in [0.15, 0.2) is 72.8 Å². The van der Waals surface area contributed by atoms with E-state index in [4.69, 9.17) is 19.9 Å². The lowest BCUT2D eigenvalue weighted by molar-refractivity contribution is -0.253. The third kappa shape index (κ3) is 9.84. The number of hydrogen-bond donors (Lipinski definition) is 4. The average Bonchev–Trinajstić information content (AvgIpc) is 3.06. The van der Waals surface area contributed by atoms with Gasteiger partial charge in [-0.1, -0.05) is 55.0 Å². The second kappa shape index (κ2) is 16.5. The number of morpholine rings is 1. The van der Waals surface area contributed by atoms with Crippen LogP contribution in [0.3, 0.4) is 0 Å². The van der Waals surface area contributed by atoms with E-state index >= 15 is 0 Å². The normalized spacial score (nSPS) is 20.4. The summed E-state index contributed by atoms with van der Waals surface area (Å²) in [5.41, 5.74) is 10.5. The van der Waals surface area contributed by atoms with Gasteiger partial charge >= 0.3 is 0 Å². The second-order valence-electron chi connectivity index (χ2n) is 11.6. The number of carbonyl (C=O) groups is 2. The van der Waals surface area contributed by atoms with Crippen molar-refractivity contribution in [1.29, 1.82) is 0 Å². The van der Waals surface area contributed by atoms with E-state index < -0.39 is 6.29 Å². The number of aliphatic hydroxyl groups excluding tert-OH is 1. The lowest BCUT2D eigenvalue weighted by Gasteiger charge is -2.39. The van der Waals surface area contributed by atoms with E-state index in [1.165, 1.54) is 0 Å². The number of amides is 2. The number of unbranched alkanes of at least 4 members (excludes halogenated alkanes) is 2. The van der Waals surface area contributed by atoms with Gasteiger partial charge in [0, 0.05) is 50.1 Å². The minimum Gasteiger partial charge on any atom is -0.397 e. The first kappa shape index (κ1) is 32.6. The number of hydrogen-bond acceptors (Lipinski definition) is 8. The molecule has 10 heteroatoms. The highest BCUT2D eigenvalue weighted by Gasteiger charge is 2.33. The zero-order valence-electron chi connectivity index (χ0n) is 25.7. The van der Waals surface area contributed by atoms with Gasteiger partial charge in [-0.25, -0.2) is 0 Å². The molecule has 5 rings (SSSR count). The highest BCUT2D eigenvalue weighted by molar-refractivity contribution is 5.93. The lowest BCUT2D eigenvalue weighted by atomic mass is 9.99. The van der Waals surface area contributed by atoms with Gasteiger partial charge in [-0.15, -0.1) is 0 Å². The molecular formula is C35H44N4O6. The van der Waals surface area contributed by atoms with Crippen molar-refractivity contribution in [2.75, 3.05) is 49.2 Å². The quantitative estimate of drug-likeness (QED) is 0.153. The Kier molecular flexibility index (Phi) is 11.9. The van der Waals surface area contributed by atoms with Crippen molar-refractivity contribution >= 4 is 28.9 Å². The van der Waals surface area contributed by atoms with E-state index in [2.05, 4.69) is 15.5 Å². The topological polar surface area (TPSA) is 135 Å². The molecule has 2 amide bonds. The number of rotatable bonds is 13. The maximum Gasteiger partial charge on any atom is 0.224 e. The van der Waals surface area contributed by atoms with Crippen LogP contribution in [-0.4, -0.2) is 60.8 Å². The Hall–Kier alpha value is -3.80. The van der Waals surface area contributed by atoms with Gasteiger partial charge in [0.1, 0.15) is 0 Å². The van der Waals surface area contributed by atoms with Crippen molar-refractivity contribution in [3.05, 3.63) is 89.5 Å². The number of carbonyl (C=O) groups excluding carboxylic acids is 2. The number of nitrogens with zero attached hydrogens (tertiary/aromatic N) is 1. The van der Waals surface area contributed by atoms with E-state index in [-0.39, 0.29) is 30.6 Å². The molecule has 3 atom stereocenters. The Morgan fingerprint density at radius 2 is 1.49 bits per heavy atom. The van der Waals surface area contributed by atoms with Crippen molar-refractivity contribution in [3.63, 3.8) is 0 Å². The summed E-state index contributed by atoms with van der Waals surface area (Å²) < 4.78 is 18.4. The highest BCUT2D eigenvalue weighted by Crippen LogP contribution is 2.38. The molecule has 10 nitrogen and oxygen atoms in total. The Balaban J connectivity index is 1.10. The molecule has 45 heavy (non-hydrogen) atoms. The summed E-state index contributed by atoms with van der Waals surface area (Å²) in [6.45, 7) is 4.03. The Morgan fingerprint density at radius 1 is 0.822 bits per heavy atom. The van der Waals surface area contributed by atoms with Crippen LogP contribution in [0.2, 0.25) is 0 Å². The van der Waals surface area contributed by atoms with Crippen LogP contribution in [0, 0.1) is 0 Å². The van der Waals surface area contributed by atoms with Gasteiger partial charge < -0.3 is 35.7 Å². The van der Waals surface area contributed by atoms with Gasteiger partial charge in [-0.05, 0) is 48.2 Å². The molecule has 3 unspecified atom stereocenters. The Morgan fingerprint density at radius 3 is 2.18 bits per heavy atom. The predicted octanol–water partition coefficient (Wildman–Crippen LogP) is 5.17. The maximum atomic E-state index is 12.6. The first-order valence-electron chi connectivity index (χ1n) is 15.8. The molecule has 2 aliphatic rings. The monoisotopic (exact) mass is 616 g/mol. The standard InChI is InChI=1S/C35H44N4O6/c36-30-6-4-5-7-31(30)38-34(42)9-3-1-2-8-33(41)37-28-16-14-27(15-17-28)35-44-29(23-39-18-20-43-21-19-39)22-32(45-35)26-12-10-25(24-40)11-13-26/h4-7,10-17,29,32,35,40H,1-3,8-9,18-24,36H2,(H,37,41)(H,38,42). The predicted molar refractivity (Wildman–Crippen MR) is 173 cm³/mol. The first-order valence-corrected chi connectivity index (χ1v) is 15.8. The Bertz CT molecular complexity index is 1380. The minimum absolute atomic E-state index is 0.00422. The van der Waals surface area contributed by atoms with Gasteiger partial charge in [0.15, 0.2) is 6.29 Å². The maximum absolute atomic E-state index is 12.6. The fourth-order valence-electron chi connectivity index (χ4n) is 5.62. The smallest absolute Gasteiger partial charge is 0.224 e. The van der Waals surface area contributed by atoms with Crippen LogP contribution < -0.4 is 16.4 Å². The number of aliphatic hydroxyl groups is 1. The zero-order chi connectivity index (χ0) is 31.4. The van der Waals surface area contributed by atoms with Crippen molar-refractivity contribution < 1.29 is 28.9 Å². The number of benzene rings is 3. The van der Waals surface area contributed by atoms with Crippen molar-refractivity contribution in [3.8, 4) is 0 Å². The van der Waals surface area contributed by atoms with Gasteiger partial charge in [0.25, 0.3) is 0 Å². The van der Waals surface area contributed by atoms with Crippen molar-refractivity contribution in [2.45, 2.75) is 63.6 Å². The molecule has 240 valence electrons. The van der Waals surface area contributed by atoms with Crippen LogP contribution in [0.1, 0.15) is 67.6 Å². The third-order valence-corrected chi connectivity index (χ3v) is 8.19. The van der Waals surface area contributed by atoms with Crippen LogP contribution in [0.25, 0.3) is 0 Å². The zero-order valence-corrected chi connectivity index (χ0v) is 25.7. The molecule has 0 saturated carbocycles. The minimum atomic E-state index is -0.549. The van der Waals surface area contributed by atoms with Gasteiger partial charge in [0.2, 0.25) is 11.8 Å². The molecule has 0 spiro atoms. The largest absolute Gasteiger partial charge is 0.397 e. The number of nitrogen functional groups attached to an aromatic ring is 1. The molecule has 3 aromatic rings. The summed E-state index contributed by atoms with van der Waals surface area (Å²) in [5, 5.41) is 15.2. The van der Waals surface area contributed by atoms with Gasteiger partial charge in [0.05, 0.1) is 43.4 Å². The fourth-order valence-corrected chi connectivity index (χ4v) is 5.62. The summed E-state index contributed by atoms with van der Waals surface area (Å²) in [5.74, 6) is -0.145. The molecule has 2 aliphatic heterocycles. The van der Waals surface area contributed by atoms with Crippen LogP contribution >= 0.6 is 0 Å². The summed E-state index contributed by atoms with van der Waals surface area (Å²) in [7, 11) is 0. The van der Waals surface area contributed by atoms with E-state index in [0.717, 1.165) is 62.4 Å². The number of ether oxygens (including phenoxy) is 3. The SMILES string of the molecule is Nc1ccccc1NC(=O)CCCCCC(=O)Nc1ccc(C2OC(CN3CCOCC3)CC(c3ccc(CO)cc3)O2)cc1. The first-order chi connectivity index (χ1) is 22.0.